The Labute approximate surface area is 137 Å². The van der Waals surface area contributed by atoms with Gasteiger partial charge in [0.25, 0.3) is 5.91 Å². The molecule has 0 saturated heterocycles. The maximum atomic E-state index is 13.2. The predicted molar refractivity (Wildman–Crippen MR) is 93.6 cm³/mol. The van der Waals surface area contributed by atoms with Gasteiger partial charge in [-0.2, -0.15) is 0 Å². The Morgan fingerprint density at radius 3 is 2.26 bits per heavy atom. The monoisotopic (exact) mass is 314 g/mol. The van der Waals surface area contributed by atoms with Crippen molar-refractivity contribution in [3.8, 4) is 0 Å². The SMILES string of the molecule is CCCN(CCC)c1ccc(NC(=O)c2cccc(F)c2)cc1. The molecule has 3 nitrogen and oxygen atoms in total. The molecule has 0 aliphatic heterocycles. The molecule has 0 spiro atoms. The van der Waals surface area contributed by atoms with E-state index in [9.17, 15) is 9.18 Å². The van der Waals surface area contributed by atoms with E-state index in [2.05, 4.69) is 24.1 Å². The Morgan fingerprint density at radius 1 is 1.04 bits per heavy atom. The summed E-state index contributed by atoms with van der Waals surface area (Å²) in [6.07, 6.45) is 2.19. The van der Waals surface area contributed by atoms with Crippen molar-refractivity contribution in [2.75, 3.05) is 23.3 Å². The number of halogens is 1. The van der Waals surface area contributed by atoms with Gasteiger partial charge in [-0.1, -0.05) is 19.9 Å². The van der Waals surface area contributed by atoms with Gasteiger partial charge in [0.05, 0.1) is 0 Å². The molecular formula is C19H23FN2O. The third kappa shape index (κ3) is 4.81. The highest BCUT2D eigenvalue weighted by Gasteiger charge is 2.08. The lowest BCUT2D eigenvalue weighted by Gasteiger charge is -2.24. The molecule has 0 fully saturated rings. The Balaban J connectivity index is 2.06. The summed E-state index contributed by atoms with van der Waals surface area (Å²) in [5.41, 5.74) is 2.17. The quantitative estimate of drug-likeness (QED) is 0.803. The number of benzene rings is 2. The molecule has 0 atom stereocenters. The maximum Gasteiger partial charge on any atom is 0.255 e. The van der Waals surface area contributed by atoms with E-state index in [1.54, 1.807) is 6.07 Å². The fourth-order valence-electron chi connectivity index (χ4n) is 2.50. The zero-order valence-corrected chi connectivity index (χ0v) is 13.7. The second-order valence-corrected chi connectivity index (χ2v) is 5.50. The number of hydrogen-bond donors (Lipinski definition) is 1. The molecule has 2 rings (SSSR count). The van der Waals surface area contributed by atoms with E-state index < -0.39 is 5.82 Å². The van der Waals surface area contributed by atoms with Crippen molar-refractivity contribution in [2.45, 2.75) is 26.7 Å². The molecule has 4 heteroatoms. The topological polar surface area (TPSA) is 32.3 Å². The molecule has 0 aliphatic rings. The fourth-order valence-corrected chi connectivity index (χ4v) is 2.50. The molecule has 1 amide bonds. The second kappa shape index (κ2) is 8.32. The van der Waals surface area contributed by atoms with Gasteiger partial charge >= 0.3 is 0 Å². The number of carbonyl (C=O) groups is 1. The van der Waals surface area contributed by atoms with Crippen LogP contribution in [-0.2, 0) is 0 Å². The van der Waals surface area contributed by atoms with Crippen LogP contribution in [0.5, 0.6) is 0 Å². The summed E-state index contributed by atoms with van der Waals surface area (Å²) in [6, 6.07) is 13.4. The standard InChI is InChI=1S/C19H23FN2O/c1-3-12-22(13-4-2)18-10-8-17(9-11-18)21-19(23)15-6-5-7-16(20)14-15/h5-11,14H,3-4,12-13H2,1-2H3,(H,21,23). The molecule has 2 aromatic rings. The van der Waals surface area contributed by atoms with Gasteiger partial charge in [-0.3, -0.25) is 4.79 Å². The predicted octanol–water partition coefficient (Wildman–Crippen LogP) is 4.70. The second-order valence-electron chi connectivity index (χ2n) is 5.50. The third-order valence-corrected chi connectivity index (χ3v) is 3.56. The first-order valence-corrected chi connectivity index (χ1v) is 8.06. The molecule has 0 heterocycles. The molecule has 23 heavy (non-hydrogen) atoms. The van der Waals surface area contributed by atoms with Gasteiger partial charge in [-0.25, -0.2) is 4.39 Å². The minimum Gasteiger partial charge on any atom is -0.372 e. The van der Waals surface area contributed by atoms with Crippen molar-refractivity contribution in [2.24, 2.45) is 0 Å². The van der Waals surface area contributed by atoms with E-state index in [1.807, 2.05) is 24.3 Å². The molecule has 0 aromatic heterocycles. The average Bonchev–Trinajstić information content (AvgIpc) is 2.55. The van der Waals surface area contributed by atoms with Gasteiger partial charge in [0.1, 0.15) is 5.82 Å². The third-order valence-electron chi connectivity index (χ3n) is 3.56. The highest BCUT2D eigenvalue weighted by molar-refractivity contribution is 6.04. The van der Waals surface area contributed by atoms with Crippen molar-refractivity contribution in [1.29, 1.82) is 0 Å². The van der Waals surface area contributed by atoms with Crippen LogP contribution in [-0.4, -0.2) is 19.0 Å². The van der Waals surface area contributed by atoms with Gasteiger partial charge in [-0.05, 0) is 55.3 Å². The number of nitrogens with one attached hydrogen (secondary N) is 1. The summed E-state index contributed by atoms with van der Waals surface area (Å²) in [4.78, 5) is 14.4. The smallest absolute Gasteiger partial charge is 0.255 e. The number of rotatable bonds is 7. The molecule has 0 bridgehead atoms. The molecule has 1 N–H and O–H groups in total. The van der Waals surface area contributed by atoms with Crippen molar-refractivity contribution >= 4 is 17.3 Å². The molecule has 0 saturated carbocycles. The van der Waals surface area contributed by atoms with Crippen LogP contribution in [0.15, 0.2) is 48.5 Å². The average molecular weight is 314 g/mol. The highest BCUT2D eigenvalue weighted by Crippen LogP contribution is 2.19. The lowest BCUT2D eigenvalue weighted by atomic mass is 10.2. The largest absolute Gasteiger partial charge is 0.372 e. The summed E-state index contributed by atoms with van der Waals surface area (Å²) >= 11 is 0. The Kier molecular flexibility index (Phi) is 6.15. The zero-order valence-electron chi connectivity index (χ0n) is 13.7. The highest BCUT2D eigenvalue weighted by atomic mass is 19.1. The molecule has 0 radical (unpaired) electrons. The van der Waals surface area contributed by atoms with E-state index in [1.165, 1.54) is 18.2 Å². The minimum absolute atomic E-state index is 0.309. The summed E-state index contributed by atoms with van der Waals surface area (Å²) in [6.45, 7) is 6.36. The Morgan fingerprint density at radius 2 is 1.70 bits per heavy atom. The number of hydrogen-bond acceptors (Lipinski definition) is 2. The van der Waals surface area contributed by atoms with Crippen molar-refractivity contribution in [3.63, 3.8) is 0 Å². The van der Waals surface area contributed by atoms with Gasteiger partial charge in [0.15, 0.2) is 0 Å². The van der Waals surface area contributed by atoms with Crippen LogP contribution < -0.4 is 10.2 Å². The number of nitrogens with zero attached hydrogens (tertiary/aromatic N) is 1. The van der Waals surface area contributed by atoms with Crippen LogP contribution in [0.2, 0.25) is 0 Å². The zero-order chi connectivity index (χ0) is 16.7. The lowest BCUT2D eigenvalue weighted by Crippen LogP contribution is -2.24. The first-order chi connectivity index (χ1) is 11.1. The summed E-state index contributed by atoms with van der Waals surface area (Å²) in [7, 11) is 0. The number of carbonyl (C=O) groups excluding carboxylic acids is 1. The van der Waals surface area contributed by atoms with E-state index in [-0.39, 0.29) is 5.91 Å². The minimum atomic E-state index is -0.414. The van der Waals surface area contributed by atoms with E-state index in [0.717, 1.165) is 31.6 Å². The van der Waals surface area contributed by atoms with E-state index >= 15 is 0 Å². The van der Waals surface area contributed by atoms with Gasteiger partial charge < -0.3 is 10.2 Å². The molecule has 2 aromatic carbocycles. The van der Waals surface area contributed by atoms with Crippen LogP contribution in [0.25, 0.3) is 0 Å². The number of amides is 1. The van der Waals surface area contributed by atoms with Crippen molar-refractivity contribution < 1.29 is 9.18 Å². The fraction of sp³-hybridized carbons (Fsp3) is 0.316. The van der Waals surface area contributed by atoms with Crippen LogP contribution >= 0.6 is 0 Å². The first kappa shape index (κ1) is 17.0. The molecule has 122 valence electrons. The van der Waals surface area contributed by atoms with Crippen molar-refractivity contribution in [1.82, 2.24) is 0 Å². The van der Waals surface area contributed by atoms with Crippen LogP contribution in [0.1, 0.15) is 37.0 Å². The Hall–Kier alpha value is -2.36. The van der Waals surface area contributed by atoms with E-state index in [4.69, 9.17) is 0 Å². The van der Waals surface area contributed by atoms with Crippen LogP contribution in [0.3, 0.4) is 0 Å². The number of anilines is 2. The molecular weight excluding hydrogens is 291 g/mol. The van der Waals surface area contributed by atoms with Gasteiger partial charge in [-0.15, -0.1) is 0 Å². The summed E-state index contributed by atoms with van der Waals surface area (Å²) < 4.78 is 13.2. The summed E-state index contributed by atoms with van der Waals surface area (Å²) in [5, 5.41) is 2.79. The molecule has 0 unspecified atom stereocenters. The van der Waals surface area contributed by atoms with Crippen LogP contribution in [0, 0.1) is 5.82 Å². The lowest BCUT2D eigenvalue weighted by molar-refractivity contribution is 0.102. The van der Waals surface area contributed by atoms with Gasteiger partial charge in [0, 0.05) is 30.0 Å². The Bertz CT molecular complexity index is 634. The van der Waals surface area contributed by atoms with Crippen LogP contribution in [0.4, 0.5) is 15.8 Å². The molecule has 0 aliphatic carbocycles. The normalized spacial score (nSPS) is 10.4. The maximum absolute atomic E-state index is 13.2. The first-order valence-electron chi connectivity index (χ1n) is 8.06. The van der Waals surface area contributed by atoms with E-state index in [0.29, 0.717) is 11.3 Å². The van der Waals surface area contributed by atoms with Gasteiger partial charge in [0.2, 0.25) is 0 Å². The van der Waals surface area contributed by atoms with Crippen molar-refractivity contribution in [3.05, 3.63) is 59.9 Å². The summed E-state index contributed by atoms with van der Waals surface area (Å²) in [5.74, 6) is -0.723.